The first-order chi connectivity index (χ1) is 18.0. The van der Waals surface area contributed by atoms with Crippen molar-refractivity contribution < 1.29 is 21.9 Å². The van der Waals surface area contributed by atoms with Gasteiger partial charge in [-0.25, -0.2) is 27.8 Å². The second-order valence-electron chi connectivity index (χ2n) is 10.4. The highest BCUT2D eigenvalue weighted by Crippen LogP contribution is 2.34. The first-order valence-corrected chi connectivity index (χ1v) is 14.1. The normalized spacial score (nSPS) is 16.2. The molecule has 12 heteroatoms. The van der Waals surface area contributed by atoms with E-state index >= 15 is 0 Å². The second-order valence-corrected chi connectivity index (χ2v) is 12.2. The molecular weight excluding hydrogens is 514 g/mol. The number of hydrogen-bond donors (Lipinski definition) is 3. The Bertz CT molecular complexity index is 1380. The zero-order valence-corrected chi connectivity index (χ0v) is 22.4. The van der Waals surface area contributed by atoms with Crippen LogP contribution in [-0.2, 0) is 10.0 Å². The predicted octanol–water partition coefficient (Wildman–Crippen LogP) is 4.95. The number of anilines is 2. The van der Waals surface area contributed by atoms with Crippen LogP contribution in [0, 0.1) is 17.0 Å². The Morgan fingerprint density at radius 2 is 1.92 bits per heavy atom. The minimum atomic E-state index is -3.87. The molecule has 3 heterocycles. The summed E-state index contributed by atoms with van der Waals surface area (Å²) in [5.41, 5.74) is 0.211. The Hall–Kier alpha value is -3.38. The van der Waals surface area contributed by atoms with Crippen LogP contribution in [0.5, 0.6) is 11.6 Å². The van der Waals surface area contributed by atoms with Gasteiger partial charge in [-0.2, -0.15) is 4.39 Å². The second kappa shape index (κ2) is 11.6. The molecule has 204 valence electrons. The summed E-state index contributed by atoms with van der Waals surface area (Å²) in [6.07, 6.45) is 5.46. The first-order valence-electron chi connectivity index (χ1n) is 12.4. The molecule has 1 saturated heterocycles. The summed E-state index contributed by atoms with van der Waals surface area (Å²) >= 11 is 0. The number of benzene rings is 1. The number of nitrogens with one attached hydrogen (secondary N) is 3. The van der Waals surface area contributed by atoms with Crippen LogP contribution in [0.1, 0.15) is 40.0 Å². The van der Waals surface area contributed by atoms with Crippen LogP contribution >= 0.6 is 0 Å². The first kappa shape index (κ1) is 27.6. The summed E-state index contributed by atoms with van der Waals surface area (Å²) in [4.78, 5) is 13.0. The number of piperidine rings is 1. The van der Waals surface area contributed by atoms with Crippen molar-refractivity contribution in [3.05, 3.63) is 54.4 Å². The molecule has 4 rings (SSSR count). The summed E-state index contributed by atoms with van der Waals surface area (Å²) in [5, 5.41) is 6.63. The smallest absolute Gasteiger partial charge is 0.232 e. The number of rotatable bonds is 9. The zero-order valence-electron chi connectivity index (χ0n) is 21.6. The van der Waals surface area contributed by atoms with E-state index in [0.29, 0.717) is 23.6 Å². The van der Waals surface area contributed by atoms with Crippen LogP contribution < -0.4 is 20.1 Å². The Morgan fingerprint density at radius 3 is 2.66 bits per heavy atom. The maximum Gasteiger partial charge on any atom is 0.232 e. The Balaban J connectivity index is 1.53. The van der Waals surface area contributed by atoms with Gasteiger partial charge >= 0.3 is 0 Å². The molecule has 38 heavy (non-hydrogen) atoms. The molecule has 3 N–H and O–H groups in total. The van der Waals surface area contributed by atoms with Crippen LogP contribution in [0.15, 0.2) is 42.7 Å². The number of nitrogens with zero attached hydrogens (tertiary/aromatic N) is 3. The quantitative estimate of drug-likeness (QED) is 0.345. The van der Waals surface area contributed by atoms with Crippen molar-refractivity contribution in [2.24, 2.45) is 5.41 Å². The van der Waals surface area contributed by atoms with E-state index in [1.807, 2.05) is 20.8 Å². The number of pyridine rings is 1. The predicted molar refractivity (Wildman–Crippen MR) is 143 cm³/mol. The lowest BCUT2D eigenvalue weighted by atomic mass is 9.94. The van der Waals surface area contributed by atoms with Crippen molar-refractivity contribution in [3.63, 3.8) is 0 Å². The van der Waals surface area contributed by atoms with E-state index in [1.165, 1.54) is 6.20 Å². The maximum atomic E-state index is 15.0. The van der Waals surface area contributed by atoms with Crippen LogP contribution in [0.3, 0.4) is 0 Å². The van der Waals surface area contributed by atoms with Crippen molar-refractivity contribution in [2.75, 3.05) is 28.9 Å². The topological polar surface area (TPSA) is 118 Å². The van der Waals surface area contributed by atoms with Crippen LogP contribution in [-0.4, -0.2) is 48.3 Å². The summed E-state index contributed by atoms with van der Waals surface area (Å²) in [6, 6.07) is 7.51. The van der Waals surface area contributed by atoms with E-state index in [4.69, 9.17) is 4.74 Å². The largest absolute Gasteiger partial charge is 0.435 e. The fourth-order valence-corrected chi connectivity index (χ4v) is 5.33. The van der Waals surface area contributed by atoms with Crippen molar-refractivity contribution in [3.8, 4) is 22.9 Å². The summed E-state index contributed by atoms with van der Waals surface area (Å²) in [5.74, 6) is -2.93. The van der Waals surface area contributed by atoms with Crippen LogP contribution in [0.2, 0.25) is 0 Å². The Morgan fingerprint density at radius 1 is 1.11 bits per heavy atom. The van der Waals surface area contributed by atoms with E-state index in [9.17, 15) is 17.2 Å². The van der Waals surface area contributed by atoms with E-state index < -0.39 is 33.1 Å². The third-order valence-corrected chi connectivity index (χ3v) is 7.25. The van der Waals surface area contributed by atoms with Gasteiger partial charge < -0.3 is 15.4 Å². The lowest BCUT2D eigenvalue weighted by Crippen LogP contribution is -2.38. The molecule has 3 aromatic rings. The lowest BCUT2D eigenvalue weighted by Gasteiger charge is -2.23. The van der Waals surface area contributed by atoms with Gasteiger partial charge in [-0.1, -0.05) is 20.8 Å². The summed E-state index contributed by atoms with van der Waals surface area (Å²) < 4.78 is 62.3. The molecule has 1 aromatic carbocycles. The molecule has 1 atom stereocenters. The fourth-order valence-electron chi connectivity index (χ4n) is 3.86. The van der Waals surface area contributed by atoms with Crippen molar-refractivity contribution in [1.29, 1.82) is 0 Å². The molecule has 0 spiro atoms. The molecular formula is C26H32F2N6O3S. The van der Waals surface area contributed by atoms with Gasteiger partial charge in [-0.05, 0) is 61.6 Å². The van der Waals surface area contributed by atoms with E-state index in [2.05, 4.69) is 30.3 Å². The molecule has 1 fully saturated rings. The molecule has 2 aromatic heterocycles. The van der Waals surface area contributed by atoms with Gasteiger partial charge in [0.1, 0.15) is 0 Å². The highest BCUT2D eigenvalue weighted by Gasteiger charge is 2.23. The average Bonchev–Trinajstić information content (AvgIpc) is 2.88. The molecule has 1 aliphatic rings. The maximum absolute atomic E-state index is 15.0. The highest BCUT2D eigenvalue weighted by atomic mass is 32.2. The highest BCUT2D eigenvalue weighted by molar-refractivity contribution is 7.92. The third kappa shape index (κ3) is 7.35. The molecule has 0 saturated carbocycles. The van der Waals surface area contributed by atoms with Gasteiger partial charge in [0.2, 0.25) is 27.7 Å². The van der Waals surface area contributed by atoms with Gasteiger partial charge in [-0.15, -0.1) is 0 Å². The molecule has 0 aliphatic carbocycles. The number of hydrogen-bond acceptors (Lipinski definition) is 8. The minimum absolute atomic E-state index is 0.00768. The third-order valence-electron chi connectivity index (χ3n) is 5.97. The molecule has 0 unspecified atom stereocenters. The summed E-state index contributed by atoms with van der Waals surface area (Å²) in [7, 11) is -3.87. The van der Waals surface area contributed by atoms with Gasteiger partial charge in [-0.3, -0.25) is 4.72 Å². The molecule has 0 radical (unpaired) electrons. The molecule has 0 bridgehead atoms. The molecule has 1 aliphatic heterocycles. The standard InChI is InChI=1S/C26H32F2N6O3S/c1-26(2,3)11-15-38(35,36)34-20-8-9-21(23(28)22(20)27)37-24-18(7-5-13-30-24)19-10-14-31-25(33-19)32-17-6-4-12-29-16-17/h5,7-10,13-14,17,29,34H,4,6,11-12,15-16H2,1-3H3,(H,31,32,33)/t17-/m0/s1. The van der Waals surface area contributed by atoms with E-state index in [1.54, 1.807) is 24.4 Å². The van der Waals surface area contributed by atoms with Crippen molar-refractivity contribution in [1.82, 2.24) is 20.3 Å². The number of ether oxygens (including phenoxy) is 1. The molecule has 9 nitrogen and oxygen atoms in total. The van der Waals surface area contributed by atoms with Crippen LogP contribution in [0.4, 0.5) is 20.4 Å². The summed E-state index contributed by atoms with van der Waals surface area (Å²) in [6.45, 7) is 7.48. The minimum Gasteiger partial charge on any atom is -0.435 e. The fraction of sp³-hybridized carbons (Fsp3) is 0.423. The van der Waals surface area contributed by atoms with Gasteiger partial charge in [0.05, 0.1) is 22.7 Å². The SMILES string of the molecule is CC(C)(C)CCS(=O)(=O)Nc1ccc(Oc2ncccc2-c2ccnc(N[C@H]3CCCNC3)n2)c(F)c1F. The molecule has 0 amide bonds. The van der Waals surface area contributed by atoms with Crippen LogP contribution in [0.25, 0.3) is 11.3 Å². The monoisotopic (exact) mass is 546 g/mol. The zero-order chi connectivity index (χ0) is 27.3. The average molecular weight is 547 g/mol. The number of sulfonamides is 1. The number of halogens is 2. The van der Waals surface area contributed by atoms with Gasteiger partial charge in [0, 0.05) is 25.0 Å². The Kier molecular flexibility index (Phi) is 8.41. The van der Waals surface area contributed by atoms with E-state index in [-0.39, 0.29) is 23.1 Å². The van der Waals surface area contributed by atoms with Gasteiger partial charge in [0.25, 0.3) is 0 Å². The van der Waals surface area contributed by atoms with E-state index in [0.717, 1.165) is 38.1 Å². The number of aromatic nitrogens is 3. The van der Waals surface area contributed by atoms with Crippen molar-refractivity contribution in [2.45, 2.75) is 46.1 Å². The van der Waals surface area contributed by atoms with Gasteiger partial charge in [0.15, 0.2) is 11.6 Å². The Labute approximate surface area is 221 Å². The van der Waals surface area contributed by atoms with Crippen molar-refractivity contribution >= 4 is 21.7 Å². The lowest BCUT2D eigenvalue weighted by molar-refractivity contribution is 0.397.